The van der Waals surface area contributed by atoms with Gasteiger partial charge in [-0.3, -0.25) is 4.99 Å². The zero-order valence-electron chi connectivity index (χ0n) is 18.5. The van der Waals surface area contributed by atoms with E-state index in [9.17, 15) is 0 Å². The minimum absolute atomic E-state index is 0.497. The predicted octanol–water partition coefficient (Wildman–Crippen LogP) is 5.14. The minimum atomic E-state index is 0.497. The molecular formula is C24H35N5. The second-order valence-corrected chi connectivity index (χ2v) is 7.72. The van der Waals surface area contributed by atoms with Crippen LogP contribution < -0.4 is 11.5 Å². The summed E-state index contributed by atoms with van der Waals surface area (Å²) in [6, 6.07) is 3.78. The van der Waals surface area contributed by atoms with E-state index in [1.165, 1.54) is 17.3 Å². The average Bonchev–Trinajstić information content (AvgIpc) is 2.72. The fourth-order valence-electron chi connectivity index (χ4n) is 3.75. The molecule has 1 aliphatic carbocycles. The SMILES string of the molecule is C/C(N)=C(/C=NCC(C)C)c1nc2ccc(N)c(C=N)c2c2c1CCCC2.CC. The Hall–Kier alpha value is -2.69. The van der Waals surface area contributed by atoms with Gasteiger partial charge in [-0.2, -0.15) is 0 Å². The van der Waals surface area contributed by atoms with Gasteiger partial charge in [-0.05, 0) is 61.8 Å². The molecule has 0 unspecified atom stereocenters. The first kappa shape index (κ1) is 22.6. The standard InChI is InChI=1S/C22H29N5.C2H6/c1-13(2)11-26-12-18(14(3)24)22-16-7-5-4-6-15(16)21-17(10-23)19(25)8-9-20(21)27-22;1-2/h8-10,12-13,23H,4-7,11,24-25H2,1-3H3;1-2H3/b18-14+,23-10?,26-12?;. The van der Waals surface area contributed by atoms with Crippen LogP contribution in [-0.4, -0.2) is 24.0 Å². The van der Waals surface area contributed by atoms with Gasteiger partial charge in [0, 0.05) is 46.9 Å². The van der Waals surface area contributed by atoms with Crippen LogP contribution in [0.5, 0.6) is 0 Å². The predicted molar refractivity (Wildman–Crippen MR) is 127 cm³/mol. The maximum atomic E-state index is 7.84. The molecule has 156 valence electrons. The number of hydrogen-bond acceptors (Lipinski definition) is 5. The number of aryl methyl sites for hydroxylation is 1. The van der Waals surface area contributed by atoms with E-state index in [4.69, 9.17) is 21.9 Å². The minimum Gasteiger partial charge on any atom is -0.402 e. The molecule has 0 saturated heterocycles. The second-order valence-electron chi connectivity index (χ2n) is 7.72. The summed E-state index contributed by atoms with van der Waals surface area (Å²) < 4.78 is 0. The van der Waals surface area contributed by atoms with Gasteiger partial charge >= 0.3 is 0 Å². The van der Waals surface area contributed by atoms with E-state index in [0.29, 0.717) is 11.6 Å². The molecule has 3 rings (SSSR count). The summed E-state index contributed by atoms with van der Waals surface area (Å²) in [4.78, 5) is 9.56. The van der Waals surface area contributed by atoms with E-state index in [2.05, 4.69) is 18.8 Å². The van der Waals surface area contributed by atoms with Gasteiger partial charge in [0.05, 0.1) is 11.2 Å². The van der Waals surface area contributed by atoms with Gasteiger partial charge in [-0.15, -0.1) is 0 Å². The van der Waals surface area contributed by atoms with Crippen molar-refractivity contribution in [2.45, 2.75) is 60.3 Å². The lowest BCUT2D eigenvalue weighted by Crippen LogP contribution is -2.13. The molecule has 0 fully saturated rings. The lowest BCUT2D eigenvalue weighted by atomic mass is 9.84. The summed E-state index contributed by atoms with van der Waals surface area (Å²) >= 11 is 0. The normalized spacial score (nSPS) is 14.4. The van der Waals surface area contributed by atoms with Crippen molar-refractivity contribution < 1.29 is 0 Å². The number of fused-ring (bicyclic) bond motifs is 3. The molecule has 0 radical (unpaired) electrons. The van der Waals surface area contributed by atoms with Crippen LogP contribution in [0.3, 0.4) is 0 Å². The van der Waals surface area contributed by atoms with Crippen molar-refractivity contribution in [1.82, 2.24) is 4.98 Å². The Bertz CT molecular complexity index is 934. The van der Waals surface area contributed by atoms with Crippen molar-refractivity contribution in [1.29, 1.82) is 5.41 Å². The fraction of sp³-hybridized carbons (Fsp3) is 0.458. The third kappa shape index (κ3) is 4.84. The fourth-order valence-corrected chi connectivity index (χ4v) is 3.75. The molecule has 5 heteroatoms. The molecule has 0 aliphatic heterocycles. The molecule has 0 saturated carbocycles. The Morgan fingerprint density at radius 2 is 1.86 bits per heavy atom. The zero-order chi connectivity index (χ0) is 21.6. The third-order valence-electron chi connectivity index (χ3n) is 5.06. The molecule has 1 aliphatic rings. The third-order valence-corrected chi connectivity index (χ3v) is 5.06. The molecule has 5 nitrogen and oxygen atoms in total. The van der Waals surface area contributed by atoms with Crippen LogP contribution >= 0.6 is 0 Å². The number of allylic oxidation sites excluding steroid dienone is 2. The average molecular weight is 394 g/mol. The van der Waals surface area contributed by atoms with Crippen LogP contribution in [0.15, 0.2) is 22.8 Å². The molecular weight excluding hydrogens is 358 g/mol. The molecule has 0 amide bonds. The van der Waals surface area contributed by atoms with E-state index in [1.54, 1.807) is 0 Å². The van der Waals surface area contributed by atoms with Crippen LogP contribution in [0.25, 0.3) is 16.5 Å². The van der Waals surface area contributed by atoms with E-state index in [1.807, 2.05) is 39.1 Å². The Morgan fingerprint density at radius 1 is 1.21 bits per heavy atom. The number of anilines is 1. The van der Waals surface area contributed by atoms with Crippen molar-refractivity contribution in [3.05, 3.63) is 40.2 Å². The van der Waals surface area contributed by atoms with Crippen molar-refractivity contribution in [2.24, 2.45) is 16.6 Å². The summed E-state index contributed by atoms with van der Waals surface area (Å²) in [6.45, 7) is 11.0. The number of nitrogens with one attached hydrogen (secondary N) is 1. The monoisotopic (exact) mass is 393 g/mol. The van der Waals surface area contributed by atoms with Crippen molar-refractivity contribution >= 4 is 34.6 Å². The number of hydrogen-bond donors (Lipinski definition) is 3. The number of nitrogens with two attached hydrogens (primary N) is 2. The quantitative estimate of drug-likeness (QED) is 0.484. The first-order valence-corrected chi connectivity index (χ1v) is 10.6. The number of rotatable bonds is 5. The second kappa shape index (κ2) is 10.2. The maximum absolute atomic E-state index is 7.84. The van der Waals surface area contributed by atoms with Crippen LogP contribution in [0.1, 0.15) is 69.8 Å². The summed E-state index contributed by atoms with van der Waals surface area (Å²) in [5.74, 6) is 0.497. The highest BCUT2D eigenvalue weighted by Gasteiger charge is 2.22. The number of aliphatic imine (C=N–C) groups is 1. The Morgan fingerprint density at radius 3 is 2.45 bits per heavy atom. The summed E-state index contributed by atoms with van der Waals surface area (Å²) in [6.07, 6.45) is 7.45. The number of nitrogens with zero attached hydrogens (tertiary/aromatic N) is 2. The molecule has 2 aromatic rings. The molecule has 29 heavy (non-hydrogen) atoms. The zero-order valence-corrected chi connectivity index (χ0v) is 18.5. The Kier molecular flexibility index (Phi) is 7.94. The largest absolute Gasteiger partial charge is 0.402 e. The Labute approximate surface area is 174 Å². The number of aromatic nitrogens is 1. The smallest absolute Gasteiger partial charge is 0.0777 e. The molecule has 1 aromatic heterocycles. The molecule has 1 heterocycles. The van der Waals surface area contributed by atoms with Gasteiger partial charge in [0.25, 0.3) is 0 Å². The summed E-state index contributed by atoms with van der Waals surface area (Å²) in [5, 5.41) is 8.86. The highest BCUT2D eigenvalue weighted by molar-refractivity contribution is 6.12. The maximum Gasteiger partial charge on any atom is 0.0777 e. The Balaban J connectivity index is 0.00000145. The number of benzene rings is 1. The van der Waals surface area contributed by atoms with E-state index < -0.39 is 0 Å². The van der Waals surface area contributed by atoms with Crippen LogP contribution in [0, 0.1) is 11.3 Å². The molecule has 0 spiro atoms. The van der Waals surface area contributed by atoms with Crippen molar-refractivity contribution in [2.75, 3.05) is 12.3 Å². The molecule has 5 N–H and O–H groups in total. The topological polar surface area (TPSA) is 101 Å². The van der Waals surface area contributed by atoms with Gasteiger partial charge in [0.15, 0.2) is 0 Å². The van der Waals surface area contributed by atoms with Crippen LogP contribution in [0.2, 0.25) is 0 Å². The molecule has 1 aromatic carbocycles. The van der Waals surface area contributed by atoms with E-state index in [0.717, 1.165) is 65.7 Å². The van der Waals surface area contributed by atoms with Crippen LogP contribution in [0.4, 0.5) is 5.69 Å². The highest BCUT2D eigenvalue weighted by Crippen LogP contribution is 2.36. The van der Waals surface area contributed by atoms with Gasteiger partial charge in [0.2, 0.25) is 0 Å². The van der Waals surface area contributed by atoms with E-state index >= 15 is 0 Å². The number of nitrogen functional groups attached to an aromatic ring is 1. The highest BCUT2D eigenvalue weighted by atomic mass is 14.8. The lowest BCUT2D eigenvalue weighted by molar-refractivity contribution is 0.667. The van der Waals surface area contributed by atoms with Gasteiger partial charge in [-0.25, -0.2) is 4.98 Å². The molecule has 0 bridgehead atoms. The van der Waals surface area contributed by atoms with E-state index in [-0.39, 0.29) is 0 Å². The lowest BCUT2D eigenvalue weighted by Gasteiger charge is -2.23. The summed E-state index contributed by atoms with van der Waals surface area (Å²) in [5.41, 5.74) is 19.7. The van der Waals surface area contributed by atoms with Gasteiger partial charge in [0.1, 0.15) is 0 Å². The van der Waals surface area contributed by atoms with Crippen molar-refractivity contribution in [3.8, 4) is 0 Å². The summed E-state index contributed by atoms with van der Waals surface area (Å²) in [7, 11) is 0. The van der Waals surface area contributed by atoms with Crippen molar-refractivity contribution in [3.63, 3.8) is 0 Å². The van der Waals surface area contributed by atoms with Gasteiger partial charge < -0.3 is 16.9 Å². The first-order valence-electron chi connectivity index (χ1n) is 10.6. The number of pyridine rings is 1. The molecule has 0 atom stereocenters. The first-order chi connectivity index (χ1) is 13.9. The van der Waals surface area contributed by atoms with Gasteiger partial charge in [-0.1, -0.05) is 27.7 Å². The van der Waals surface area contributed by atoms with Crippen LogP contribution in [-0.2, 0) is 12.8 Å².